The summed E-state index contributed by atoms with van der Waals surface area (Å²) in [7, 11) is 0. The Bertz CT molecular complexity index is 692. The Kier molecular flexibility index (Phi) is 7.53. The third kappa shape index (κ3) is 5.95. The van der Waals surface area contributed by atoms with Gasteiger partial charge in [0.1, 0.15) is 0 Å². The van der Waals surface area contributed by atoms with Crippen molar-refractivity contribution in [2.75, 3.05) is 37.6 Å². The van der Waals surface area contributed by atoms with Crippen LogP contribution in [0.3, 0.4) is 0 Å². The summed E-state index contributed by atoms with van der Waals surface area (Å²) in [6.07, 6.45) is 5.58. The molecule has 0 bridgehead atoms. The minimum atomic E-state index is 0.112. The van der Waals surface area contributed by atoms with E-state index in [2.05, 4.69) is 48.4 Å². The first-order valence-corrected chi connectivity index (χ1v) is 11.2. The van der Waals surface area contributed by atoms with Gasteiger partial charge in [0, 0.05) is 37.3 Å². The molecule has 0 aliphatic carbocycles. The van der Waals surface area contributed by atoms with Gasteiger partial charge >= 0.3 is 0 Å². The maximum atomic E-state index is 11.9. The zero-order valence-electron chi connectivity index (χ0n) is 18.3. The van der Waals surface area contributed by atoms with Crippen LogP contribution >= 0.6 is 0 Å². The van der Waals surface area contributed by atoms with Crippen molar-refractivity contribution >= 4 is 17.6 Å². The molecule has 1 aromatic carbocycles. The van der Waals surface area contributed by atoms with Gasteiger partial charge in [-0.15, -0.1) is 0 Å². The van der Waals surface area contributed by atoms with Crippen molar-refractivity contribution < 1.29 is 4.79 Å². The van der Waals surface area contributed by atoms with Crippen LogP contribution in [-0.4, -0.2) is 55.0 Å². The average molecular weight is 400 g/mol. The zero-order valence-corrected chi connectivity index (χ0v) is 18.3. The second-order valence-corrected chi connectivity index (χ2v) is 8.72. The van der Waals surface area contributed by atoms with Crippen LogP contribution in [0, 0.1) is 0 Å². The van der Waals surface area contributed by atoms with Gasteiger partial charge < -0.3 is 15.5 Å². The summed E-state index contributed by atoms with van der Waals surface area (Å²) >= 11 is 0. The Hall–Kier alpha value is -2.08. The third-order valence-electron chi connectivity index (χ3n) is 5.99. The van der Waals surface area contributed by atoms with Gasteiger partial charge in [0.05, 0.1) is 6.54 Å². The molecule has 0 atom stereocenters. The van der Waals surface area contributed by atoms with E-state index in [9.17, 15) is 4.79 Å². The predicted octanol–water partition coefficient (Wildman–Crippen LogP) is 3.13. The van der Waals surface area contributed by atoms with Gasteiger partial charge in [0.2, 0.25) is 5.91 Å². The van der Waals surface area contributed by atoms with Crippen molar-refractivity contribution in [1.82, 2.24) is 15.5 Å². The molecule has 1 amide bonds. The van der Waals surface area contributed by atoms with Crippen LogP contribution in [0.25, 0.3) is 0 Å². The first-order valence-electron chi connectivity index (χ1n) is 11.2. The lowest BCUT2D eigenvalue weighted by molar-refractivity contribution is -0.117. The number of aliphatic imine (C=N–C) groups is 1. The van der Waals surface area contributed by atoms with Gasteiger partial charge in [-0.1, -0.05) is 18.6 Å². The molecule has 6 heteroatoms. The SMILES string of the molecule is CCNC(=NCc1ccc(N2CCCC2=O)cc1)NCC(C)(C)N1CCCCC1. The summed E-state index contributed by atoms with van der Waals surface area (Å²) in [4.78, 5) is 21.1. The molecule has 2 saturated heterocycles. The van der Waals surface area contributed by atoms with Crippen molar-refractivity contribution in [1.29, 1.82) is 0 Å². The first-order chi connectivity index (χ1) is 14.0. The number of hydrogen-bond donors (Lipinski definition) is 2. The number of guanidine groups is 1. The average Bonchev–Trinajstić information content (AvgIpc) is 3.17. The number of nitrogens with zero attached hydrogens (tertiary/aromatic N) is 3. The van der Waals surface area contributed by atoms with E-state index in [4.69, 9.17) is 4.99 Å². The van der Waals surface area contributed by atoms with Crippen LogP contribution in [0.15, 0.2) is 29.3 Å². The molecule has 2 fully saturated rings. The number of rotatable bonds is 7. The summed E-state index contributed by atoms with van der Waals surface area (Å²) in [6, 6.07) is 8.22. The standard InChI is InChI=1S/C23H37N5O/c1-4-24-22(26-18-23(2,3)27-14-6-5-7-15-27)25-17-19-10-12-20(13-11-19)28-16-8-9-21(28)29/h10-13H,4-9,14-18H2,1-3H3,(H2,24,25,26). The van der Waals surface area contributed by atoms with E-state index in [-0.39, 0.29) is 11.4 Å². The molecule has 0 spiro atoms. The maximum absolute atomic E-state index is 11.9. The fraction of sp³-hybridized carbons (Fsp3) is 0.652. The van der Waals surface area contributed by atoms with Crippen molar-refractivity contribution in [3.63, 3.8) is 0 Å². The lowest BCUT2D eigenvalue weighted by Gasteiger charge is -2.41. The highest BCUT2D eigenvalue weighted by atomic mass is 16.2. The molecule has 1 aromatic rings. The molecule has 0 aromatic heterocycles. The van der Waals surface area contributed by atoms with Crippen molar-refractivity contribution in [3.05, 3.63) is 29.8 Å². The van der Waals surface area contributed by atoms with Gasteiger partial charge in [-0.3, -0.25) is 9.69 Å². The summed E-state index contributed by atoms with van der Waals surface area (Å²) in [5, 5.41) is 6.89. The number of carbonyl (C=O) groups is 1. The molecular formula is C23H37N5O. The van der Waals surface area contributed by atoms with Crippen molar-refractivity contribution in [2.24, 2.45) is 4.99 Å². The summed E-state index contributed by atoms with van der Waals surface area (Å²) in [5.41, 5.74) is 2.25. The highest BCUT2D eigenvalue weighted by molar-refractivity contribution is 5.95. The molecule has 2 aliphatic rings. The molecule has 2 N–H and O–H groups in total. The van der Waals surface area contributed by atoms with Gasteiger partial charge in [0.15, 0.2) is 5.96 Å². The van der Waals surface area contributed by atoms with Gasteiger partial charge in [-0.05, 0) is 70.8 Å². The number of amides is 1. The Balaban J connectivity index is 1.56. The van der Waals surface area contributed by atoms with Crippen LogP contribution < -0.4 is 15.5 Å². The van der Waals surface area contributed by atoms with Crippen LogP contribution in [0.1, 0.15) is 58.4 Å². The number of nitrogens with one attached hydrogen (secondary N) is 2. The maximum Gasteiger partial charge on any atom is 0.227 e. The number of carbonyl (C=O) groups excluding carboxylic acids is 1. The van der Waals surface area contributed by atoms with E-state index in [1.54, 1.807) is 0 Å². The fourth-order valence-corrected chi connectivity index (χ4v) is 4.13. The van der Waals surface area contributed by atoms with Crippen molar-refractivity contribution in [3.8, 4) is 0 Å². The van der Waals surface area contributed by atoms with E-state index >= 15 is 0 Å². The molecule has 0 unspecified atom stereocenters. The van der Waals surface area contributed by atoms with Gasteiger partial charge in [-0.25, -0.2) is 4.99 Å². The summed E-state index contributed by atoms with van der Waals surface area (Å²) in [6.45, 7) is 12.3. The number of piperidine rings is 1. The molecule has 2 aliphatic heterocycles. The highest BCUT2D eigenvalue weighted by Gasteiger charge is 2.28. The number of benzene rings is 1. The summed E-state index contributed by atoms with van der Waals surface area (Å²) in [5.74, 6) is 1.09. The zero-order chi connectivity index (χ0) is 20.7. The molecule has 29 heavy (non-hydrogen) atoms. The van der Waals surface area contributed by atoms with Crippen LogP contribution in [0.2, 0.25) is 0 Å². The quantitative estimate of drug-likeness (QED) is 0.546. The van der Waals surface area contributed by atoms with Gasteiger partial charge in [-0.2, -0.15) is 0 Å². The minimum Gasteiger partial charge on any atom is -0.357 e. The highest BCUT2D eigenvalue weighted by Crippen LogP contribution is 2.22. The molecule has 0 saturated carbocycles. The van der Waals surface area contributed by atoms with Crippen LogP contribution in [0.4, 0.5) is 5.69 Å². The topological polar surface area (TPSA) is 60.0 Å². The molecule has 160 valence electrons. The monoisotopic (exact) mass is 399 g/mol. The summed E-state index contributed by atoms with van der Waals surface area (Å²) < 4.78 is 0. The van der Waals surface area contributed by atoms with E-state index in [1.165, 1.54) is 32.4 Å². The Morgan fingerprint density at radius 3 is 2.38 bits per heavy atom. The Morgan fingerprint density at radius 1 is 1.03 bits per heavy atom. The lowest BCUT2D eigenvalue weighted by atomic mass is 9.98. The van der Waals surface area contributed by atoms with E-state index < -0.39 is 0 Å². The largest absolute Gasteiger partial charge is 0.357 e. The number of anilines is 1. The van der Waals surface area contributed by atoms with E-state index in [1.807, 2.05) is 17.0 Å². The van der Waals surface area contributed by atoms with Crippen LogP contribution in [0.5, 0.6) is 0 Å². The number of hydrogen-bond acceptors (Lipinski definition) is 3. The normalized spacial score (nSPS) is 18.9. The second kappa shape index (κ2) is 10.1. The molecule has 0 radical (unpaired) electrons. The predicted molar refractivity (Wildman–Crippen MR) is 120 cm³/mol. The first kappa shape index (κ1) is 21.6. The third-order valence-corrected chi connectivity index (χ3v) is 5.99. The van der Waals surface area contributed by atoms with Crippen molar-refractivity contribution in [2.45, 2.75) is 65.0 Å². The Labute approximate surface area is 175 Å². The van der Waals surface area contributed by atoms with Crippen LogP contribution in [-0.2, 0) is 11.3 Å². The van der Waals surface area contributed by atoms with E-state index in [0.717, 1.165) is 43.3 Å². The number of likely N-dealkylation sites (tertiary alicyclic amines) is 1. The molecule has 2 heterocycles. The smallest absolute Gasteiger partial charge is 0.227 e. The van der Waals surface area contributed by atoms with E-state index in [0.29, 0.717) is 13.0 Å². The fourth-order valence-electron chi connectivity index (χ4n) is 4.13. The molecule has 6 nitrogen and oxygen atoms in total. The Morgan fingerprint density at radius 2 is 1.76 bits per heavy atom. The lowest BCUT2D eigenvalue weighted by Crippen LogP contribution is -2.54. The second-order valence-electron chi connectivity index (χ2n) is 8.72. The molecule has 3 rings (SSSR count). The van der Waals surface area contributed by atoms with Gasteiger partial charge in [0.25, 0.3) is 0 Å². The minimum absolute atomic E-state index is 0.112. The molecular weight excluding hydrogens is 362 g/mol.